The molecule has 3 aromatic rings. The van der Waals surface area contributed by atoms with Gasteiger partial charge in [0, 0.05) is 12.7 Å². The number of hydrogen-bond donors (Lipinski definition) is 3. The van der Waals surface area contributed by atoms with Gasteiger partial charge in [-0.05, 0) is 36.4 Å². The van der Waals surface area contributed by atoms with E-state index in [0.717, 1.165) is 4.70 Å². The summed E-state index contributed by atoms with van der Waals surface area (Å²) in [6.07, 6.45) is 0. The fourth-order valence-electron chi connectivity index (χ4n) is 2.14. The van der Waals surface area contributed by atoms with E-state index in [1.165, 1.54) is 41.7 Å². The molecule has 0 bridgehead atoms. The minimum absolute atomic E-state index is 0.0695. The number of carboxylic acids is 1. The van der Waals surface area contributed by atoms with Crippen LogP contribution < -0.4 is 10.0 Å². The van der Waals surface area contributed by atoms with Crippen LogP contribution in [0.1, 0.15) is 10.4 Å². The first-order valence-corrected chi connectivity index (χ1v) is 9.14. The maximum atomic E-state index is 12.6. The van der Waals surface area contributed by atoms with Crippen LogP contribution in [-0.4, -0.2) is 31.5 Å². The maximum Gasteiger partial charge on any atom is 0.335 e. The Hall–Kier alpha value is -2.65. The molecular formula is C15H13N3O4S2. The number of para-hydroxylation sites is 1. The van der Waals surface area contributed by atoms with Crippen LogP contribution in [-0.2, 0) is 10.0 Å². The van der Waals surface area contributed by atoms with Gasteiger partial charge in [-0.1, -0.05) is 17.4 Å². The quantitative estimate of drug-likeness (QED) is 0.643. The van der Waals surface area contributed by atoms with E-state index < -0.39 is 16.0 Å². The molecule has 24 heavy (non-hydrogen) atoms. The summed E-state index contributed by atoms with van der Waals surface area (Å²) in [5.74, 6) is -1.07. The third-order valence-electron chi connectivity index (χ3n) is 3.27. The van der Waals surface area contributed by atoms with Crippen molar-refractivity contribution in [1.29, 1.82) is 0 Å². The first kappa shape index (κ1) is 16.2. The zero-order valence-corrected chi connectivity index (χ0v) is 14.1. The van der Waals surface area contributed by atoms with Gasteiger partial charge in [-0.2, -0.15) is 0 Å². The molecular weight excluding hydrogens is 350 g/mol. The Morgan fingerprint density at radius 2 is 1.88 bits per heavy atom. The van der Waals surface area contributed by atoms with E-state index in [0.29, 0.717) is 10.6 Å². The first-order chi connectivity index (χ1) is 11.4. The Labute approximate surface area is 142 Å². The number of nitrogens with one attached hydrogen (secondary N) is 2. The highest BCUT2D eigenvalue weighted by atomic mass is 32.2. The largest absolute Gasteiger partial charge is 0.478 e. The number of rotatable bonds is 5. The lowest BCUT2D eigenvalue weighted by molar-refractivity contribution is 0.0697. The molecule has 0 atom stereocenters. The summed E-state index contributed by atoms with van der Waals surface area (Å²) in [5, 5.41) is 12.4. The molecule has 3 rings (SSSR count). The minimum atomic E-state index is -3.85. The van der Waals surface area contributed by atoms with E-state index in [4.69, 9.17) is 5.11 Å². The van der Waals surface area contributed by atoms with Gasteiger partial charge < -0.3 is 10.4 Å². The average Bonchev–Trinajstić information content (AvgIpc) is 2.98. The lowest BCUT2D eigenvalue weighted by Gasteiger charge is -2.08. The Kier molecular flexibility index (Phi) is 4.12. The Balaban J connectivity index is 1.98. The Bertz CT molecular complexity index is 1010. The van der Waals surface area contributed by atoms with Gasteiger partial charge in [0.15, 0.2) is 5.13 Å². The molecule has 0 amide bonds. The van der Waals surface area contributed by atoms with Crippen LogP contribution in [0.15, 0.2) is 47.4 Å². The summed E-state index contributed by atoms with van der Waals surface area (Å²) in [6, 6.07) is 10.4. The lowest BCUT2D eigenvalue weighted by atomic mass is 10.2. The van der Waals surface area contributed by atoms with Crippen molar-refractivity contribution in [2.24, 2.45) is 0 Å². The second-order valence-corrected chi connectivity index (χ2v) is 7.54. The molecule has 0 spiro atoms. The summed E-state index contributed by atoms with van der Waals surface area (Å²) in [4.78, 5) is 15.2. The van der Waals surface area contributed by atoms with Crippen LogP contribution in [0.3, 0.4) is 0 Å². The van der Waals surface area contributed by atoms with E-state index in [2.05, 4.69) is 15.0 Å². The van der Waals surface area contributed by atoms with Gasteiger partial charge in [0.2, 0.25) is 0 Å². The topological polar surface area (TPSA) is 108 Å². The first-order valence-electron chi connectivity index (χ1n) is 6.84. The van der Waals surface area contributed by atoms with Crippen LogP contribution >= 0.6 is 11.3 Å². The van der Waals surface area contributed by atoms with Gasteiger partial charge in [0.1, 0.15) is 10.4 Å². The average molecular weight is 363 g/mol. The summed E-state index contributed by atoms with van der Waals surface area (Å²) < 4.78 is 28.5. The Morgan fingerprint density at radius 1 is 1.17 bits per heavy atom. The number of thiazole rings is 1. The van der Waals surface area contributed by atoms with E-state index in [1.54, 1.807) is 19.2 Å². The molecule has 0 aliphatic rings. The fraction of sp³-hybridized carbons (Fsp3) is 0.0667. The smallest absolute Gasteiger partial charge is 0.335 e. The molecule has 0 unspecified atom stereocenters. The molecule has 0 radical (unpaired) electrons. The van der Waals surface area contributed by atoms with Gasteiger partial charge in [0.05, 0.1) is 10.3 Å². The fourth-order valence-corrected chi connectivity index (χ4v) is 4.27. The number of aromatic nitrogens is 1. The number of anilines is 2. The normalized spacial score (nSPS) is 11.4. The second-order valence-electron chi connectivity index (χ2n) is 4.86. The molecule has 124 valence electrons. The molecule has 2 aromatic carbocycles. The SMILES string of the molecule is CNc1nc2c(S(=O)(=O)Nc3ccc(C(=O)O)cc3)cccc2s1. The monoisotopic (exact) mass is 363 g/mol. The number of fused-ring (bicyclic) bond motifs is 1. The Morgan fingerprint density at radius 3 is 2.50 bits per heavy atom. The van der Waals surface area contributed by atoms with Crippen LogP contribution in [0, 0.1) is 0 Å². The molecule has 7 nitrogen and oxygen atoms in total. The van der Waals surface area contributed by atoms with E-state index >= 15 is 0 Å². The summed E-state index contributed by atoms with van der Waals surface area (Å²) >= 11 is 1.36. The van der Waals surface area contributed by atoms with Crippen molar-refractivity contribution in [2.45, 2.75) is 4.90 Å². The maximum absolute atomic E-state index is 12.6. The molecule has 1 heterocycles. The molecule has 3 N–H and O–H groups in total. The number of nitrogens with zero attached hydrogens (tertiary/aromatic N) is 1. The standard InChI is InChI=1S/C15H13N3O4S2/c1-16-15-17-13-11(23-15)3-2-4-12(13)24(21,22)18-10-7-5-9(6-8-10)14(19)20/h2-8,18H,1H3,(H,16,17)(H,19,20). The molecule has 0 saturated heterocycles. The third kappa shape index (κ3) is 3.03. The molecule has 0 aliphatic heterocycles. The van der Waals surface area contributed by atoms with Crippen LogP contribution in [0.5, 0.6) is 0 Å². The van der Waals surface area contributed by atoms with Crippen molar-refractivity contribution in [1.82, 2.24) is 4.98 Å². The third-order valence-corrected chi connectivity index (χ3v) is 5.72. The van der Waals surface area contributed by atoms with E-state index in [-0.39, 0.29) is 16.1 Å². The number of aromatic carboxylic acids is 1. The van der Waals surface area contributed by atoms with Crippen molar-refractivity contribution in [3.05, 3.63) is 48.0 Å². The van der Waals surface area contributed by atoms with Crippen LogP contribution in [0.4, 0.5) is 10.8 Å². The van der Waals surface area contributed by atoms with Crippen molar-refractivity contribution in [3.8, 4) is 0 Å². The zero-order chi connectivity index (χ0) is 17.3. The number of carbonyl (C=O) groups is 1. The van der Waals surface area contributed by atoms with Crippen LogP contribution in [0.25, 0.3) is 10.2 Å². The molecule has 0 fully saturated rings. The molecule has 9 heteroatoms. The highest BCUT2D eigenvalue weighted by Crippen LogP contribution is 2.31. The van der Waals surface area contributed by atoms with Gasteiger partial charge in [-0.3, -0.25) is 4.72 Å². The number of benzene rings is 2. The highest BCUT2D eigenvalue weighted by Gasteiger charge is 2.20. The zero-order valence-electron chi connectivity index (χ0n) is 12.5. The predicted molar refractivity (Wildman–Crippen MR) is 93.4 cm³/mol. The lowest BCUT2D eigenvalue weighted by Crippen LogP contribution is -2.13. The molecule has 0 saturated carbocycles. The van der Waals surface area contributed by atoms with Crippen molar-refractivity contribution in [3.63, 3.8) is 0 Å². The number of carboxylic acid groups (broad SMARTS) is 1. The molecule has 1 aromatic heterocycles. The van der Waals surface area contributed by atoms with Gasteiger partial charge in [0.25, 0.3) is 10.0 Å². The van der Waals surface area contributed by atoms with Gasteiger partial charge >= 0.3 is 5.97 Å². The number of hydrogen-bond acceptors (Lipinski definition) is 6. The summed E-state index contributed by atoms with van der Waals surface area (Å²) in [6.45, 7) is 0. The van der Waals surface area contributed by atoms with Gasteiger partial charge in [-0.15, -0.1) is 0 Å². The van der Waals surface area contributed by atoms with Crippen molar-refractivity contribution in [2.75, 3.05) is 17.1 Å². The van der Waals surface area contributed by atoms with Crippen molar-refractivity contribution >= 4 is 48.4 Å². The van der Waals surface area contributed by atoms with Gasteiger partial charge in [-0.25, -0.2) is 18.2 Å². The number of sulfonamides is 1. The summed E-state index contributed by atoms with van der Waals surface area (Å²) in [5.41, 5.74) is 0.751. The van der Waals surface area contributed by atoms with E-state index in [1.807, 2.05) is 0 Å². The highest BCUT2D eigenvalue weighted by molar-refractivity contribution is 7.93. The second kappa shape index (κ2) is 6.10. The predicted octanol–water partition coefficient (Wildman–Crippen LogP) is 2.84. The van der Waals surface area contributed by atoms with Crippen molar-refractivity contribution < 1.29 is 18.3 Å². The summed E-state index contributed by atoms with van der Waals surface area (Å²) in [7, 11) is -2.13. The van der Waals surface area contributed by atoms with Crippen LogP contribution in [0.2, 0.25) is 0 Å². The molecule has 0 aliphatic carbocycles. The van der Waals surface area contributed by atoms with E-state index in [9.17, 15) is 13.2 Å². The minimum Gasteiger partial charge on any atom is -0.478 e.